The van der Waals surface area contributed by atoms with Gasteiger partial charge in [0, 0.05) is 19.1 Å². The lowest BCUT2D eigenvalue weighted by Gasteiger charge is -2.35. The van der Waals surface area contributed by atoms with E-state index in [1.54, 1.807) is 0 Å². The number of rotatable bonds is 5. The third-order valence-corrected chi connectivity index (χ3v) is 5.48. The van der Waals surface area contributed by atoms with Gasteiger partial charge < -0.3 is 10.6 Å². The Bertz CT molecular complexity index is 574. The summed E-state index contributed by atoms with van der Waals surface area (Å²) in [4.78, 5) is 2.24. The first-order valence-corrected chi connectivity index (χ1v) is 9.02. The zero-order valence-corrected chi connectivity index (χ0v) is 13.6. The summed E-state index contributed by atoms with van der Waals surface area (Å²) in [6.45, 7) is 4.30. The molecule has 1 aromatic rings. The summed E-state index contributed by atoms with van der Waals surface area (Å²) in [7, 11) is -1.27. The van der Waals surface area contributed by atoms with Crippen LogP contribution >= 0.6 is 0 Å². The molecule has 1 aliphatic rings. The Kier molecular flexibility index (Phi) is 5.37. The predicted octanol–water partition coefficient (Wildman–Crippen LogP) is 0.905. The summed E-state index contributed by atoms with van der Waals surface area (Å²) < 4.78 is 27.7. The fourth-order valence-electron chi connectivity index (χ4n) is 2.90. The van der Waals surface area contributed by atoms with E-state index in [-0.39, 0.29) is 11.8 Å². The zero-order valence-electron chi connectivity index (χ0n) is 12.7. The van der Waals surface area contributed by atoms with Crippen LogP contribution in [0.1, 0.15) is 24.5 Å². The van der Waals surface area contributed by atoms with Crippen LogP contribution in [0.5, 0.6) is 0 Å². The van der Waals surface area contributed by atoms with Gasteiger partial charge in [0.2, 0.25) is 10.0 Å². The highest BCUT2D eigenvalue weighted by atomic mass is 32.2. The maximum absolute atomic E-state index is 12.4. The van der Waals surface area contributed by atoms with Gasteiger partial charge in [-0.2, -0.15) is 0 Å². The lowest BCUT2D eigenvalue weighted by Crippen LogP contribution is -2.49. The van der Waals surface area contributed by atoms with Gasteiger partial charge in [0.05, 0.1) is 5.75 Å². The van der Waals surface area contributed by atoms with Crippen molar-refractivity contribution in [3.8, 4) is 0 Å². The van der Waals surface area contributed by atoms with Crippen molar-refractivity contribution in [2.45, 2.75) is 31.7 Å². The van der Waals surface area contributed by atoms with E-state index in [0.29, 0.717) is 12.5 Å². The van der Waals surface area contributed by atoms with Crippen LogP contribution in [0.3, 0.4) is 0 Å². The Balaban J connectivity index is 2.05. The molecule has 1 heterocycles. The highest BCUT2D eigenvalue weighted by Crippen LogP contribution is 2.18. The monoisotopic (exact) mass is 311 g/mol. The number of hydrogen-bond donors (Lipinski definition) is 2. The number of nitrogens with zero attached hydrogens (tertiary/aromatic N) is 1. The van der Waals surface area contributed by atoms with E-state index in [1.165, 1.54) is 0 Å². The molecule has 5 nitrogen and oxygen atoms in total. The standard InChI is InChI=1S/C15H25N3O2S/c1-12-10-18(2)8-7-15(12)17-21(19,20)11-14-6-4-3-5-13(14)9-16/h3-6,12,15,17H,7-11,16H2,1-2H3. The van der Waals surface area contributed by atoms with E-state index in [9.17, 15) is 8.42 Å². The molecule has 21 heavy (non-hydrogen) atoms. The summed E-state index contributed by atoms with van der Waals surface area (Å²) in [6.07, 6.45) is 0.857. The normalized spacial score (nSPS) is 24.1. The molecule has 1 aromatic carbocycles. The van der Waals surface area contributed by atoms with Crippen molar-refractivity contribution in [2.75, 3.05) is 20.1 Å². The second-order valence-corrected chi connectivity index (χ2v) is 7.74. The third kappa shape index (κ3) is 4.51. The lowest BCUT2D eigenvalue weighted by atomic mass is 9.95. The van der Waals surface area contributed by atoms with Gasteiger partial charge in [-0.15, -0.1) is 0 Å². The number of piperidine rings is 1. The van der Waals surface area contributed by atoms with Crippen LogP contribution in [-0.4, -0.2) is 39.5 Å². The van der Waals surface area contributed by atoms with Gasteiger partial charge in [-0.3, -0.25) is 0 Å². The summed E-state index contributed by atoms with van der Waals surface area (Å²) in [5.41, 5.74) is 7.34. The predicted molar refractivity (Wildman–Crippen MR) is 85.2 cm³/mol. The molecule has 0 aromatic heterocycles. The molecule has 3 N–H and O–H groups in total. The van der Waals surface area contributed by atoms with Crippen LogP contribution in [0, 0.1) is 5.92 Å². The van der Waals surface area contributed by atoms with E-state index >= 15 is 0 Å². The zero-order chi connectivity index (χ0) is 15.5. The Labute approximate surface area is 127 Å². The van der Waals surface area contributed by atoms with Crippen LogP contribution in [0.25, 0.3) is 0 Å². The van der Waals surface area contributed by atoms with Gasteiger partial charge in [-0.25, -0.2) is 13.1 Å². The molecular weight excluding hydrogens is 286 g/mol. The Morgan fingerprint density at radius 2 is 2.00 bits per heavy atom. The molecule has 118 valence electrons. The molecule has 0 radical (unpaired) electrons. The van der Waals surface area contributed by atoms with E-state index in [0.717, 1.165) is 30.6 Å². The largest absolute Gasteiger partial charge is 0.326 e. The molecule has 0 spiro atoms. The van der Waals surface area contributed by atoms with Crippen LogP contribution in [-0.2, 0) is 22.3 Å². The molecule has 1 saturated heterocycles. The molecule has 0 amide bonds. The van der Waals surface area contributed by atoms with Crippen LogP contribution in [0.2, 0.25) is 0 Å². The molecular formula is C15H25N3O2S. The fourth-order valence-corrected chi connectivity index (χ4v) is 4.49. The molecule has 0 aliphatic carbocycles. The first kappa shape index (κ1) is 16.4. The first-order valence-electron chi connectivity index (χ1n) is 7.36. The summed E-state index contributed by atoms with van der Waals surface area (Å²) in [5.74, 6) is 0.322. The highest BCUT2D eigenvalue weighted by molar-refractivity contribution is 7.88. The number of hydrogen-bond acceptors (Lipinski definition) is 4. The van der Waals surface area contributed by atoms with Gasteiger partial charge in [0.15, 0.2) is 0 Å². The molecule has 2 atom stereocenters. The van der Waals surface area contributed by atoms with E-state index in [1.807, 2.05) is 24.3 Å². The number of nitrogens with one attached hydrogen (secondary N) is 1. The minimum absolute atomic E-state index is 0.000563. The fraction of sp³-hybridized carbons (Fsp3) is 0.600. The Morgan fingerprint density at radius 3 is 2.62 bits per heavy atom. The van der Waals surface area contributed by atoms with Crippen molar-refractivity contribution in [1.29, 1.82) is 0 Å². The summed E-state index contributed by atoms with van der Waals surface area (Å²) >= 11 is 0. The quantitative estimate of drug-likeness (QED) is 0.847. The van der Waals surface area contributed by atoms with Crippen LogP contribution in [0.15, 0.2) is 24.3 Å². The second kappa shape index (κ2) is 6.87. The summed E-state index contributed by atoms with van der Waals surface area (Å²) in [5, 5.41) is 0. The van der Waals surface area contributed by atoms with Gasteiger partial charge >= 0.3 is 0 Å². The number of nitrogens with two attached hydrogens (primary N) is 1. The number of sulfonamides is 1. The Morgan fingerprint density at radius 1 is 1.33 bits per heavy atom. The Hall–Kier alpha value is -0.950. The third-order valence-electron chi connectivity index (χ3n) is 4.12. The molecule has 2 rings (SSSR count). The van der Waals surface area contributed by atoms with Crippen molar-refractivity contribution in [1.82, 2.24) is 9.62 Å². The lowest BCUT2D eigenvalue weighted by molar-refractivity contribution is 0.188. The van der Waals surface area contributed by atoms with Crippen molar-refractivity contribution in [3.63, 3.8) is 0 Å². The van der Waals surface area contributed by atoms with Crippen LogP contribution < -0.4 is 10.5 Å². The molecule has 1 aliphatic heterocycles. The van der Waals surface area contributed by atoms with Crippen molar-refractivity contribution < 1.29 is 8.42 Å². The summed E-state index contributed by atoms with van der Waals surface area (Å²) in [6, 6.07) is 7.46. The van der Waals surface area contributed by atoms with Crippen molar-refractivity contribution in [3.05, 3.63) is 35.4 Å². The van der Waals surface area contributed by atoms with Gasteiger partial charge in [-0.05, 0) is 37.1 Å². The number of likely N-dealkylation sites (tertiary alicyclic amines) is 1. The molecule has 1 fully saturated rings. The molecule has 0 saturated carbocycles. The van der Waals surface area contributed by atoms with Gasteiger partial charge in [0.1, 0.15) is 0 Å². The first-order chi connectivity index (χ1) is 9.91. The minimum atomic E-state index is -3.34. The van der Waals surface area contributed by atoms with Gasteiger partial charge in [0.25, 0.3) is 0 Å². The van der Waals surface area contributed by atoms with Crippen molar-refractivity contribution in [2.24, 2.45) is 11.7 Å². The van der Waals surface area contributed by atoms with E-state index in [2.05, 4.69) is 23.6 Å². The number of benzene rings is 1. The smallest absolute Gasteiger partial charge is 0.216 e. The molecule has 2 unspecified atom stereocenters. The maximum Gasteiger partial charge on any atom is 0.216 e. The molecule has 6 heteroatoms. The average Bonchev–Trinajstić information content (AvgIpc) is 2.42. The van der Waals surface area contributed by atoms with Crippen LogP contribution in [0.4, 0.5) is 0 Å². The SMILES string of the molecule is CC1CN(C)CCC1NS(=O)(=O)Cc1ccccc1CN. The second-order valence-electron chi connectivity index (χ2n) is 5.98. The topological polar surface area (TPSA) is 75.4 Å². The van der Waals surface area contributed by atoms with E-state index in [4.69, 9.17) is 5.73 Å². The highest BCUT2D eigenvalue weighted by Gasteiger charge is 2.28. The molecule has 0 bridgehead atoms. The minimum Gasteiger partial charge on any atom is -0.326 e. The maximum atomic E-state index is 12.4. The average molecular weight is 311 g/mol. The van der Waals surface area contributed by atoms with Crippen molar-refractivity contribution >= 4 is 10.0 Å². The van der Waals surface area contributed by atoms with E-state index < -0.39 is 10.0 Å². The van der Waals surface area contributed by atoms with Gasteiger partial charge in [-0.1, -0.05) is 31.2 Å².